The summed E-state index contributed by atoms with van der Waals surface area (Å²) in [6.45, 7) is 4.42. The van der Waals surface area contributed by atoms with Crippen LogP contribution in [0.4, 0.5) is 0 Å². The molecule has 0 spiro atoms. The van der Waals surface area contributed by atoms with Crippen molar-refractivity contribution in [3.05, 3.63) is 35.4 Å². The van der Waals surface area contributed by atoms with Crippen molar-refractivity contribution >= 4 is 5.97 Å². The molecule has 1 fully saturated rings. The number of carbonyl (C=O) groups excluding carboxylic acids is 1. The largest absolute Gasteiger partial charge is 0.438 e. The van der Waals surface area contributed by atoms with Gasteiger partial charge in [-0.3, -0.25) is 9.80 Å². The van der Waals surface area contributed by atoms with Crippen molar-refractivity contribution < 1.29 is 14.6 Å². The Bertz CT molecular complexity index is 470. The van der Waals surface area contributed by atoms with Gasteiger partial charge in [-0.15, -0.1) is 0 Å². The minimum atomic E-state index is -0.236. The van der Waals surface area contributed by atoms with Crippen LogP contribution < -0.4 is 0 Å². The van der Waals surface area contributed by atoms with Gasteiger partial charge in [-0.1, -0.05) is 18.2 Å². The van der Waals surface area contributed by atoms with E-state index in [4.69, 9.17) is 9.84 Å². The number of rotatable bonds is 3. The topological polar surface area (TPSA) is 53.0 Å². The number of nitrogens with zero attached hydrogens (tertiary/aromatic N) is 2. The average Bonchev–Trinajstić information content (AvgIpc) is 2.78. The van der Waals surface area contributed by atoms with E-state index in [2.05, 4.69) is 9.80 Å². The van der Waals surface area contributed by atoms with E-state index in [9.17, 15) is 4.79 Å². The molecular formula is C14H18N2O3. The molecule has 1 saturated heterocycles. The average molecular weight is 262 g/mol. The predicted octanol–water partition coefficient (Wildman–Crippen LogP) is 0.465. The summed E-state index contributed by atoms with van der Waals surface area (Å²) in [6.07, 6.45) is -0.236. The van der Waals surface area contributed by atoms with Gasteiger partial charge in [0.25, 0.3) is 0 Å². The van der Waals surface area contributed by atoms with Gasteiger partial charge in [0.15, 0.2) is 6.23 Å². The molecule has 1 atom stereocenters. The van der Waals surface area contributed by atoms with Crippen LogP contribution in [0.2, 0.25) is 0 Å². The van der Waals surface area contributed by atoms with Crippen LogP contribution in [0.1, 0.15) is 22.1 Å². The van der Waals surface area contributed by atoms with Gasteiger partial charge in [0, 0.05) is 38.3 Å². The third-order valence-corrected chi connectivity index (χ3v) is 3.82. The summed E-state index contributed by atoms with van der Waals surface area (Å²) in [5, 5.41) is 8.94. The van der Waals surface area contributed by atoms with Gasteiger partial charge in [0.05, 0.1) is 12.2 Å². The van der Waals surface area contributed by atoms with Crippen LogP contribution >= 0.6 is 0 Å². The van der Waals surface area contributed by atoms with Crippen molar-refractivity contribution in [2.75, 3.05) is 39.3 Å². The fourth-order valence-corrected chi connectivity index (χ4v) is 2.76. The van der Waals surface area contributed by atoms with Crippen LogP contribution in [0.3, 0.4) is 0 Å². The molecule has 0 amide bonds. The van der Waals surface area contributed by atoms with Crippen LogP contribution in [-0.2, 0) is 4.74 Å². The van der Waals surface area contributed by atoms with E-state index in [-0.39, 0.29) is 18.8 Å². The molecule has 1 aromatic carbocycles. The summed E-state index contributed by atoms with van der Waals surface area (Å²) in [5.74, 6) is -0.224. The third-order valence-electron chi connectivity index (χ3n) is 3.82. The van der Waals surface area contributed by atoms with E-state index in [0.717, 1.165) is 38.3 Å². The Hall–Kier alpha value is -1.43. The lowest BCUT2D eigenvalue weighted by atomic mass is 10.1. The lowest BCUT2D eigenvalue weighted by Gasteiger charge is -2.36. The maximum absolute atomic E-state index is 11.8. The summed E-state index contributed by atoms with van der Waals surface area (Å²) < 4.78 is 5.49. The highest BCUT2D eigenvalue weighted by Crippen LogP contribution is 2.33. The molecule has 2 heterocycles. The molecule has 0 aliphatic carbocycles. The lowest BCUT2D eigenvalue weighted by molar-refractivity contribution is -0.0420. The van der Waals surface area contributed by atoms with Crippen LogP contribution in [-0.4, -0.2) is 60.2 Å². The lowest BCUT2D eigenvalue weighted by Crippen LogP contribution is -2.48. The molecular weight excluding hydrogens is 244 g/mol. The molecule has 102 valence electrons. The highest BCUT2D eigenvalue weighted by Gasteiger charge is 2.35. The van der Waals surface area contributed by atoms with Crippen molar-refractivity contribution in [3.8, 4) is 0 Å². The highest BCUT2D eigenvalue weighted by atomic mass is 16.6. The van der Waals surface area contributed by atoms with Crippen molar-refractivity contribution in [1.29, 1.82) is 0 Å². The second kappa shape index (κ2) is 5.28. The number of hydrogen-bond donors (Lipinski definition) is 1. The molecule has 5 nitrogen and oxygen atoms in total. The Morgan fingerprint density at radius 2 is 1.95 bits per heavy atom. The molecule has 1 unspecified atom stereocenters. The molecule has 1 aromatic rings. The SMILES string of the molecule is O=C1OC(N2CCN(CCO)CC2)c2ccccc21. The maximum atomic E-state index is 11.8. The first kappa shape index (κ1) is 12.6. The predicted molar refractivity (Wildman–Crippen MR) is 69.7 cm³/mol. The van der Waals surface area contributed by atoms with Crippen molar-refractivity contribution in [1.82, 2.24) is 9.80 Å². The normalized spacial score (nSPS) is 24.3. The number of β-amino-alcohol motifs (C(OH)–C–C–N with tert-alkyl or cyclic N) is 1. The number of piperazine rings is 1. The number of aliphatic hydroxyl groups excluding tert-OH is 1. The number of esters is 1. The molecule has 3 rings (SSSR count). The van der Waals surface area contributed by atoms with Crippen LogP contribution in [0.25, 0.3) is 0 Å². The first-order chi connectivity index (χ1) is 9.29. The van der Waals surface area contributed by atoms with Gasteiger partial charge in [0.1, 0.15) is 0 Å². The van der Waals surface area contributed by atoms with E-state index in [1.54, 1.807) is 0 Å². The van der Waals surface area contributed by atoms with Gasteiger partial charge < -0.3 is 9.84 Å². The Morgan fingerprint density at radius 3 is 2.68 bits per heavy atom. The quantitative estimate of drug-likeness (QED) is 0.802. The summed E-state index contributed by atoms with van der Waals surface area (Å²) in [4.78, 5) is 16.2. The summed E-state index contributed by atoms with van der Waals surface area (Å²) in [5.41, 5.74) is 1.66. The Labute approximate surface area is 112 Å². The molecule has 19 heavy (non-hydrogen) atoms. The van der Waals surface area contributed by atoms with Crippen molar-refractivity contribution in [3.63, 3.8) is 0 Å². The first-order valence-electron chi connectivity index (χ1n) is 6.67. The van der Waals surface area contributed by atoms with Gasteiger partial charge in [0.2, 0.25) is 0 Å². The van der Waals surface area contributed by atoms with Crippen LogP contribution in [0.5, 0.6) is 0 Å². The summed E-state index contributed by atoms with van der Waals surface area (Å²) >= 11 is 0. The third kappa shape index (κ3) is 2.36. The fourth-order valence-electron chi connectivity index (χ4n) is 2.76. The molecule has 0 saturated carbocycles. The molecule has 2 aliphatic heterocycles. The summed E-state index contributed by atoms with van der Waals surface area (Å²) in [7, 11) is 0. The van der Waals surface area contributed by atoms with E-state index >= 15 is 0 Å². The summed E-state index contributed by atoms with van der Waals surface area (Å²) in [6, 6.07) is 7.59. The molecule has 2 aliphatic rings. The highest BCUT2D eigenvalue weighted by molar-refractivity contribution is 5.93. The van der Waals surface area contributed by atoms with Crippen molar-refractivity contribution in [2.45, 2.75) is 6.23 Å². The molecule has 0 aromatic heterocycles. The monoisotopic (exact) mass is 262 g/mol. The minimum Gasteiger partial charge on any atom is -0.438 e. The molecule has 0 bridgehead atoms. The Kier molecular flexibility index (Phi) is 3.50. The van der Waals surface area contributed by atoms with E-state index in [1.807, 2.05) is 24.3 Å². The minimum absolute atomic E-state index is 0.196. The van der Waals surface area contributed by atoms with Crippen LogP contribution in [0.15, 0.2) is 24.3 Å². The first-order valence-corrected chi connectivity index (χ1v) is 6.67. The molecule has 0 radical (unpaired) electrons. The van der Waals surface area contributed by atoms with E-state index in [0.29, 0.717) is 5.56 Å². The van der Waals surface area contributed by atoms with E-state index in [1.165, 1.54) is 0 Å². The van der Waals surface area contributed by atoms with Gasteiger partial charge in [-0.05, 0) is 6.07 Å². The van der Waals surface area contributed by atoms with Crippen LogP contribution in [0, 0.1) is 0 Å². The van der Waals surface area contributed by atoms with E-state index < -0.39 is 0 Å². The second-order valence-corrected chi connectivity index (χ2v) is 4.95. The number of carbonyl (C=O) groups is 1. The Morgan fingerprint density at radius 1 is 1.21 bits per heavy atom. The Balaban J connectivity index is 1.70. The number of hydrogen-bond acceptors (Lipinski definition) is 5. The fraction of sp³-hybridized carbons (Fsp3) is 0.500. The van der Waals surface area contributed by atoms with Gasteiger partial charge >= 0.3 is 5.97 Å². The number of fused-ring (bicyclic) bond motifs is 1. The maximum Gasteiger partial charge on any atom is 0.340 e. The number of aliphatic hydroxyl groups is 1. The zero-order valence-electron chi connectivity index (χ0n) is 10.8. The smallest absolute Gasteiger partial charge is 0.340 e. The zero-order chi connectivity index (χ0) is 13.2. The molecule has 1 N–H and O–H groups in total. The molecule has 5 heteroatoms. The zero-order valence-corrected chi connectivity index (χ0v) is 10.8. The van der Waals surface area contributed by atoms with Gasteiger partial charge in [-0.25, -0.2) is 4.79 Å². The van der Waals surface area contributed by atoms with Crippen molar-refractivity contribution in [2.24, 2.45) is 0 Å². The van der Waals surface area contributed by atoms with Gasteiger partial charge in [-0.2, -0.15) is 0 Å². The number of cyclic esters (lactones) is 1. The number of benzene rings is 1. The number of ether oxygens (including phenoxy) is 1. The second-order valence-electron chi connectivity index (χ2n) is 4.95. The standard InChI is InChI=1S/C14H18N2O3/c17-10-9-15-5-7-16(8-6-15)13-11-3-1-2-4-12(11)14(18)19-13/h1-4,13,17H,5-10H2.